The number of nitrogens with one attached hydrogen (secondary N) is 1. The fraction of sp³-hybridized carbons (Fsp3) is 0.500. The van der Waals surface area contributed by atoms with E-state index in [1.165, 1.54) is 0 Å². The number of carbonyl (C=O) groups is 2. The van der Waals surface area contributed by atoms with Crippen LogP contribution in [0.5, 0.6) is 0 Å². The Morgan fingerprint density at radius 2 is 1.83 bits per heavy atom. The van der Waals surface area contributed by atoms with Gasteiger partial charge in [-0.25, -0.2) is 0 Å². The van der Waals surface area contributed by atoms with Crippen molar-refractivity contribution in [1.82, 2.24) is 15.1 Å². The lowest BCUT2D eigenvalue weighted by atomic mass is 10.1. The van der Waals surface area contributed by atoms with Crippen molar-refractivity contribution in [2.24, 2.45) is 0 Å². The summed E-state index contributed by atoms with van der Waals surface area (Å²) in [5.41, 5.74) is 0.472. The maximum Gasteiger partial charge on any atom is 0.254 e. The van der Waals surface area contributed by atoms with E-state index in [1.54, 1.807) is 23.1 Å². The van der Waals surface area contributed by atoms with Gasteiger partial charge in [0.2, 0.25) is 5.91 Å². The van der Waals surface area contributed by atoms with Gasteiger partial charge in [-0.15, -0.1) is 0 Å². The predicted molar refractivity (Wildman–Crippen MR) is 90.0 cm³/mol. The van der Waals surface area contributed by atoms with Gasteiger partial charge in [-0.05, 0) is 31.0 Å². The highest BCUT2D eigenvalue weighted by Crippen LogP contribution is 2.26. The molecule has 23 heavy (non-hydrogen) atoms. The van der Waals surface area contributed by atoms with Crippen LogP contribution in [0.15, 0.2) is 18.2 Å². The van der Waals surface area contributed by atoms with Crippen molar-refractivity contribution >= 4 is 35.0 Å². The van der Waals surface area contributed by atoms with E-state index in [-0.39, 0.29) is 17.9 Å². The van der Waals surface area contributed by atoms with Gasteiger partial charge in [0, 0.05) is 38.3 Å². The molecule has 1 unspecified atom stereocenters. The van der Waals surface area contributed by atoms with Gasteiger partial charge in [0.25, 0.3) is 5.91 Å². The third kappa shape index (κ3) is 3.47. The van der Waals surface area contributed by atoms with Crippen LogP contribution >= 0.6 is 23.2 Å². The average molecular weight is 356 g/mol. The van der Waals surface area contributed by atoms with E-state index in [9.17, 15) is 9.59 Å². The van der Waals surface area contributed by atoms with Crippen molar-refractivity contribution in [3.8, 4) is 0 Å². The first-order valence-corrected chi connectivity index (χ1v) is 8.59. The second-order valence-corrected chi connectivity index (χ2v) is 6.68. The molecule has 1 aromatic rings. The Morgan fingerprint density at radius 3 is 2.52 bits per heavy atom. The van der Waals surface area contributed by atoms with Crippen molar-refractivity contribution in [1.29, 1.82) is 0 Å². The van der Waals surface area contributed by atoms with Crippen LogP contribution in [0, 0.1) is 0 Å². The number of likely N-dealkylation sites (tertiary alicyclic amines) is 1. The summed E-state index contributed by atoms with van der Waals surface area (Å²) in [5.74, 6) is -0.105. The molecular formula is C16H19Cl2N3O2. The fourth-order valence-electron chi connectivity index (χ4n) is 3.16. The normalized spacial score (nSPS) is 21.6. The highest BCUT2D eigenvalue weighted by molar-refractivity contribution is 6.42. The number of benzene rings is 1. The molecule has 2 aliphatic rings. The summed E-state index contributed by atoms with van der Waals surface area (Å²) in [6.45, 7) is 3.61. The van der Waals surface area contributed by atoms with Crippen LogP contribution < -0.4 is 5.32 Å². The van der Waals surface area contributed by atoms with Gasteiger partial charge in [-0.2, -0.15) is 0 Å². The van der Waals surface area contributed by atoms with Gasteiger partial charge in [0.15, 0.2) is 0 Å². The van der Waals surface area contributed by atoms with Crippen LogP contribution in [0.2, 0.25) is 10.0 Å². The molecule has 0 saturated carbocycles. The Kier molecular flexibility index (Phi) is 5.09. The van der Waals surface area contributed by atoms with Crippen molar-refractivity contribution in [2.45, 2.75) is 18.9 Å². The number of nitrogens with zero attached hydrogens (tertiary/aromatic N) is 2. The zero-order chi connectivity index (χ0) is 16.4. The Labute approximate surface area is 145 Å². The fourth-order valence-corrected chi connectivity index (χ4v) is 3.46. The largest absolute Gasteiger partial charge is 0.338 e. The number of hydrogen-bond acceptors (Lipinski definition) is 3. The Morgan fingerprint density at radius 1 is 1.09 bits per heavy atom. The van der Waals surface area contributed by atoms with Crippen molar-refractivity contribution in [3.05, 3.63) is 33.8 Å². The molecule has 0 bridgehead atoms. The second-order valence-electron chi connectivity index (χ2n) is 5.86. The van der Waals surface area contributed by atoms with Gasteiger partial charge in [0.1, 0.15) is 6.04 Å². The first kappa shape index (κ1) is 16.6. The minimum Gasteiger partial charge on any atom is -0.338 e. The third-order valence-corrected chi connectivity index (χ3v) is 5.13. The molecule has 0 aliphatic carbocycles. The minimum absolute atomic E-state index is 0.0532. The van der Waals surface area contributed by atoms with Crippen LogP contribution in [0.4, 0.5) is 0 Å². The molecule has 0 aromatic heterocycles. The second kappa shape index (κ2) is 7.07. The molecule has 2 aliphatic heterocycles. The van der Waals surface area contributed by atoms with E-state index in [0.717, 1.165) is 25.9 Å². The van der Waals surface area contributed by atoms with Crippen LogP contribution in [0.25, 0.3) is 0 Å². The minimum atomic E-state index is -0.366. The zero-order valence-corrected chi connectivity index (χ0v) is 14.2. The number of carbonyl (C=O) groups excluding carboxylic acids is 2. The zero-order valence-electron chi connectivity index (χ0n) is 12.7. The highest BCUT2D eigenvalue weighted by Gasteiger charge is 2.37. The number of amides is 2. The number of halogens is 2. The van der Waals surface area contributed by atoms with Crippen molar-refractivity contribution < 1.29 is 9.59 Å². The summed E-state index contributed by atoms with van der Waals surface area (Å²) in [7, 11) is 0. The predicted octanol–water partition coefficient (Wildman–Crippen LogP) is 2.03. The summed E-state index contributed by atoms with van der Waals surface area (Å²) in [6, 6.07) is 4.47. The summed E-state index contributed by atoms with van der Waals surface area (Å²) in [6.07, 6.45) is 1.56. The van der Waals surface area contributed by atoms with Crippen molar-refractivity contribution in [2.75, 3.05) is 32.7 Å². The lowest BCUT2D eigenvalue weighted by molar-refractivity contribution is -0.135. The SMILES string of the molecule is O=C(C1CCCN1C(=O)c1ccc(Cl)c(Cl)c1)N1CCNCC1. The highest BCUT2D eigenvalue weighted by atomic mass is 35.5. The van der Waals surface area contributed by atoms with Gasteiger partial charge in [-0.1, -0.05) is 23.2 Å². The Bertz CT molecular complexity index is 617. The number of rotatable bonds is 2. The van der Waals surface area contributed by atoms with E-state index in [1.807, 2.05) is 4.90 Å². The summed E-state index contributed by atoms with van der Waals surface area (Å²) in [4.78, 5) is 29.0. The van der Waals surface area contributed by atoms with Crippen LogP contribution in [0.1, 0.15) is 23.2 Å². The Balaban J connectivity index is 1.76. The monoisotopic (exact) mass is 355 g/mol. The lowest BCUT2D eigenvalue weighted by Crippen LogP contribution is -2.53. The quantitative estimate of drug-likeness (QED) is 0.882. The third-order valence-electron chi connectivity index (χ3n) is 4.39. The van der Waals surface area contributed by atoms with Gasteiger partial charge in [0.05, 0.1) is 10.0 Å². The first-order chi connectivity index (χ1) is 11.1. The Hall–Kier alpha value is -1.30. The molecule has 7 heteroatoms. The molecule has 1 N–H and O–H groups in total. The molecule has 3 rings (SSSR count). The molecule has 5 nitrogen and oxygen atoms in total. The molecule has 124 valence electrons. The van der Waals surface area contributed by atoms with E-state index in [0.29, 0.717) is 35.2 Å². The maximum absolute atomic E-state index is 12.7. The molecule has 2 fully saturated rings. The molecular weight excluding hydrogens is 337 g/mol. The standard InChI is InChI=1S/C16H19Cl2N3O2/c17-12-4-3-11(10-13(12)18)15(22)21-7-1-2-14(21)16(23)20-8-5-19-6-9-20/h3-4,10,14,19H,1-2,5-9H2. The lowest BCUT2D eigenvalue weighted by Gasteiger charge is -2.33. The molecule has 2 saturated heterocycles. The van der Waals surface area contributed by atoms with Crippen LogP contribution in [0.3, 0.4) is 0 Å². The summed E-state index contributed by atoms with van der Waals surface area (Å²) >= 11 is 11.9. The molecule has 1 atom stereocenters. The maximum atomic E-state index is 12.7. The van der Waals surface area contributed by atoms with Gasteiger partial charge in [-0.3, -0.25) is 9.59 Å². The van der Waals surface area contributed by atoms with E-state index >= 15 is 0 Å². The topological polar surface area (TPSA) is 52.7 Å². The van der Waals surface area contributed by atoms with E-state index in [4.69, 9.17) is 23.2 Å². The number of hydrogen-bond donors (Lipinski definition) is 1. The number of piperazine rings is 1. The summed E-state index contributed by atoms with van der Waals surface area (Å²) in [5, 5.41) is 3.99. The molecule has 0 spiro atoms. The van der Waals surface area contributed by atoms with Crippen LogP contribution in [-0.2, 0) is 4.79 Å². The molecule has 1 aromatic carbocycles. The average Bonchev–Trinajstić information content (AvgIpc) is 3.06. The van der Waals surface area contributed by atoms with Crippen LogP contribution in [-0.4, -0.2) is 60.4 Å². The smallest absolute Gasteiger partial charge is 0.254 e. The van der Waals surface area contributed by atoms with E-state index < -0.39 is 0 Å². The van der Waals surface area contributed by atoms with Gasteiger partial charge < -0.3 is 15.1 Å². The molecule has 0 radical (unpaired) electrons. The van der Waals surface area contributed by atoms with Crippen molar-refractivity contribution in [3.63, 3.8) is 0 Å². The molecule has 2 heterocycles. The molecule has 2 amide bonds. The van der Waals surface area contributed by atoms with E-state index in [2.05, 4.69) is 5.32 Å². The summed E-state index contributed by atoms with van der Waals surface area (Å²) < 4.78 is 0. The first-order valence-electron chi connectivity index (χ1n) is 7.83. The van der Waals surface area contributed by atoms with Gasteiger partial charge >= 0.3 is 0 Å².